The third kappa shape index (κ3) is 2.30. The van der Waals surface area contributed by atoms with Crippen molar-refractivity contribution in [3.8, 4) is 11.5 Å². The van der Waals surface area contributed by atoms with Gasteiger partial charge in [-0.15, -0.1) is 11.6 Å². The van der Waals surface area contributed by atoms with Crippen molar-refractivity contribution in [1.82, 2.24) is 0 Å². The lowest BCUT2D eigenvalue weighted by molar-refractivity contribution is 0.354. The average molecular weight is 216 g/mol. The van der Waals surface area contributed by atoms with Gasteiger partial charge in [-0.05, 0) is 17.7 Å². The van der Waals surface area contributed by atoms with Crippen LogP contribution in [0, 0.1) is 0 Å². The van der Waals surface area contributed by atoms with Gasteiger partial charge in [-0.2, -0.15) is 0 Å². The standard InChI is InChI=1S/C10H14ClNO2/c1-13-9-4-3-7(8(12)6-11)5-10(9)14-2/h3-5,8H,6,12H2,1-2H3/t8-/m1/s1. The van der Waals surface area contributed by atoms with E-state index >= 15 is 0 Å². The van der Waals surface area contributed by atoms with Crippen molar-refractivity contribution in [2.24, 2.45) is 5.73 Å². The molecule has 0 aliphatic carbocycles. The number of rotatable bonds is 4. The van der Waals surface area contributed by atoms with Crippen molar-refractivity contribution in [2.45, 2.75) is 6.04 Å². The predicted octanol–water partition coefficient (Wildman–Crippen LogP) is 1.94. The molecular formula is C10H14ClNO2. The van der Waals surface area contributed by atoms with Gasteiger partial charge >= 0.3 is 0 Å². The zero-order valence-electron chi connectivity index (χ0n) is 8.29. The van der Waals surface area contributed by atoms with Crippen LogP contribution in [0.5, 0.6) is 11.5 Å². The van der Waals surface area contributed by atoms with Gasteiger partial charge in [-0.1, -0.05) is 6.07 Å². The minimum atomic E-state index is -0.170. The van der Waals surface area contributed by atoms with E-state index in [0.29, 0.717) is 17.4 Å². The zero-order valence-corrected chi connectivity index (χ0v) is 9.04. The monoisotopic (exact) mass is 215 g/mol. The van der Waals surface area contributed by atoms with Crippen LogP contribution in [0.4, 0.5) is 0 Å². The fourth-order valence-corrected chi connectivity index (χ4v) is 1.35. The maximum Gasteiger partial charge on any atom is 0.161 e. The molecule has 0 amide bonds. The number of alkyl halides is 1. The summed E-state index contributed by atoms with van der Waals surface area (Å²) in [5.74, 6) is 1.75. The molecule has 0 saturated carbocycles. The van der Waals surface area contributed by atoms with Crippen LogP contribution in [-0.4, -0.2) is 20.1 Å². The van der Waals surface area contributed by atoms with Gasteiger partial charge in [0.2, 0.25) is 0 Å². The van der Waals surface area contributed by atoms with Crippen LogP contribution in [-0.2, 0) is 0 Å². The summed E-state index contributed by atoms with van der Waals surface area (Å²) in [5, 5.41) is 0. The van der Waals surface area contributed by atoms with Crippen LogP contribution in [0.1, 0.15) is 11.6 Å². The van der Waals surface area contributed by atoms with Crippen LogP contribution in [0.25, 0.3) is 0 Å². The minimum Gasteiger partial charge on any atom is -0.493 e. The average Bonchev–Trinajstić information content (AvgIpc) is 2.26. The molecule has 0 radical (unpaired) electrons. The van der Waals surface area contributed by atoms with E-state index in [4.69, 9.17) is 26.8 Å². The highest BCUT2D eigenvalue weighted by molar-refractivity contribution is 6.18. The lowest BCUT2D eigenvalue weighted by Gasteiger charge is -2.12. The molecule has 0 aliphatic rings. The highest BCUT2D eigenvalue weighted by atomic mass is 35.5. The molecule has 0 aliphatic heterocycles. The van der Waals surface area contributed by atoms with Crippen LogP contribution >= 0.6 is 11.6 Å². The van der Waals surface area contributed by atoms with Crippen LogP contribution in [0.15, 0.2) is 18.2 Å². The van der Waals surface area contributed by atoms with E-state index in [9.17, 15) is 0 Å². The summed E-state index contributed by atoms with van der Waals surface area (Å²) in [4.78, 5) is 0. The molecule has 0 unspecified atom stereocenters. The van der Waals surface area contributed by atoms with Crippen LogP contribution < -0.4 is 15.2 Å². The molecule has 1 rings (SSSR count). The largest absolute Gasteiger partial charge is 0.493 e. The Bertz CT molecular complexity index is 304. The molecule has 1 aromatic rings. The Balaban J connectivity index is 3.01. The molecule has 0 fully saturated rings. The molecule has 4 heteroatoms. The topological polar surface area (TPSA) is 44.5 Å². The fraction of sp³-hybridized carbons (Fsp3) is 0.400. The van der Waals surface area contributed by atoms with Gasteiger partial charge in [0.25, 0.3) is 0 Å². The van der Waals surface area contributed by atoms with E-state index in [1.54, 1.807) is 14.2 Å². The van der Waals surface area contributed by atoms with Crippen molar-refractivity contribution in [3.63, 3.8) is 0 Å². The minimum absolute atomic E-state index is 0.170. The van der Waals surface area contributed by atoms with Gasteiger partial charge in [-0.3, -0.25) is 0 Å². The summed E-state index contributed by atoms with van der Waals surface area (Å²) in [6.45, 7) is 0. The normalized spacial score (nSPS) is 12.3. The molecule has 3 nitrogen and oxygen atoms in total. The molecule has 0 heterocycles. The molecule has 1 aromatic carbocycles. The summed E-state index contributed by atoms with van der Waals surface area (Å²) < 4.78 is 10.3. The smallest absolute Gasteiger partial charge is 0.161 e. The second-order valence-corrected chi connectivity index (χ2v) is 3.18. The second kappa shape index (κ2) is 5.08. The number of hydrogen-bond acceptors (Lipinski definition) is 3. The molecule has 14 heavy (non-hydrogen) atoms. The first-order valence-corrected chi connectivity index (χ1v) is 4.79. The molecule has 0 bridgehead atoms. The maximum absolute atomic E-state index is 5.78. The highest BCUT2D eigenvalue weighted by Crippen LogP contribution is 2.29. The first kappa shape index (κ1) is 11.1. The van der Waals surface area contributed by atoms with Crippen molar-refractivity contribution in [2.75, 3.05) is 20.1 Å². The van der Waals surface area contributed by atoms with Gasteiger partial charge < -0.3 is 15.2 Å². The zero-order chi connectivity index (χ0) is 10.6. The van der Waals surface area contributed by atoms with Crippen molar-refractivity contribution < 1.29 is 9.47 Å². The summed E-state index contributed by atoms with van der Waals surface area (Å²) in [6, 6.07) is 5.37. The van der Waals surface area contributed by atoms with Gasteiger partial charge in [0, 0.05) is 11.9 Å². The van der Waals surface area contributed by atoms with E-state index in [0.717, 1.165) is 5.56 Å². The Morgan fingerprint density at radius 3 is 2.43 bits per heavy atom. The lowest BCUT2D eigenvalue weighted by atomic mass is 10.1. The van der Waals surface area contributed by atoms with Gasteiger partial charge in [0.15, 0.2) is 11.5 Å². The highest BCUT2D eigenvalue weighted by Gasteiger charge is 2.09. The van der Waals surface area contributed by atoms with Gasteiger partial charge in [-0.25, -0.2) is 0 Å². The second-order valence-electron chi connectivity index (χ2n) is 2.88. The summed E-state index contributed by atoms with van der Waals surface area (Å²) >= 11 is 5.66. The molecular weight excluding hydrogens is 202 g/mol. The molecule has 0 aromatic heterocycles. The number of methoxy groups -OCH3 is 2. The number of benzene rings is 1. The van der Waals surface area contributed by atoms with Crippen LogP contribution in [0.2, 0.25) is 0 Å². The van der Waals surface area contributed by atoms with Crippen molar-refractivity contribution in [3.05, 3.63) is 23.8 Å². The number of halogens is 1. The number of nitrogens with two attached hydrogens (primary N) is 1. The van der Waals surface area contributed by atoms with E-state index in [2.05, 4.69) is 0 Å². The van der Waals surface area contributed by atoms with Gasteiger partial charge in [0.05, 0.1) is 14.2 Å². The number of ether oxygens (including phenoxy) is 2. The Labute approximate surface area is 88.8 Å². The fourth-order valence-electron chi connectivity index (χ4n) is 1.17. The maximum atomic E-state index is 5.78. The molecule has 0 saturated heterocycles. The van der Waals surface area contributed by atoms with Crippen molar-refractivity contribution in [1.29, 1.82) is 0 Å². The third-order valence-corrected chi connectivity index (χ3v) is 2.33. The first-order valence-electron chi connectivity index (χ1n) is 4.26. The third-order valence-electron chi connectivity index (χ3n) is 2.00. The SMILES string of the molecule is COc1ccc([C@H](N)CCl)cc1OC. The molecule has 2 N–H and O–H groups in total. The molecule has 1 atom stereocenters. The molecule has 0 spiro atoms. The van der Waals surface area contributed by atoms with Crippen molar-refractivity contribution >= 4 is 11.6 Å². The Morgan fingerprint density at radius 1 is 1.29 bits per heavy atom. The van der Waals surface area contributed by atoms with E-state index in [1.165, 1.54) is 0 Å². The Kier molecular flexibility index (Phi) is 4.04. The Morgan fingerprint density at radius 2 is 1.93 bits per heavy atom. The van der Waals surface area contributed by atoms with E-state index < -0.39 is 0 Å². The Hall–Kier alpha value is -0.930. The summed E-state index contributed by atoms with van der Waals surface area (Å²) in [6.07, 6.45) is 0. The first-order chi connectivity index (χ1) is 6.72. The number of hydrogen-bond donors (Lipinski definition) is 1. The summed E-state index contributed by atoms with van der Waals surface area (Å²) in [7, 11) is 3.19. The van der Waals surface area contributed by atoms with E-state index in [-0.39, 0.29) is 6.04 Å². The lowest BCUT2D eigenvalue weighted by Crippen LogP contribution is -2.11. The van der Waals surface area contributed by atoms with E-state index in [1.807, 2.05) is 18.2 Å². The quantitative estimate of drug-likeness (QED) is 0.781. The van der Waals surface area contributed by atoms with Gasteiger partial charge in [0.1, 0.15) is 0 Å². The van der Waals surface area contributed by atoms with Crippen LogP contribution in [0.3, 0.4) is 0 Å². The predicted molar refractivity (Wildman–Crippen MR) is 57.2 cm³/mol. The molecule has 78 valence electrons. The summed E-state index contributed by atoms with van der Waals surface area (Å²) in [5.41, 5.74) is 6.72.